The van der Waals surface area contributed by atoms with E-state index in [0.717, 1.165) is 19.4 Å². The van der Waals surface area contributed by atoms with Gasteiger partial charge < -0.3 is 4.74 Å². The van der Waals surface area contributed by atoms with Crippen molar-refractivity contribution in [1.29, 1.82) is 0 Å². The average Bonchev–Trinajstić information content (AvgIpc) is 2.03. The van der Waals surface area contributed by atoms with Gasteiger partial charge in [-0.3, -0.25) is 0 Å². The Balaban J connectivity index is 3.20. The number of hydrogen-bond acceptors (Lipinski definition) is 2. The second-order valence-electron chi connectivity index (χ2n) is 2.02. The third-order valence-corrected chi connectivity index (χ3v) is 1.31. The lowest BCUT2D eigenvalue weighted by molar-refractivity contribution is 0.140. The first-order valence-electron chi connectivity index (χ1n) is 3.13. The number of rotatable bonds is 2. The van der Waals surface area contributed by atoms with Gasteiger partial charge in [0, 0.05) is 6.20 Å². The zero-order valence-electron chi connectivity index (χ0n) is 6.22. The zero-order chi connectivity index (χ0) is 9.14. The number of ether oxygens (including phenoxy) is 1. The Labute approximate surface area is 67.0 Å². The van der Waals surface area contributed by atoms with Crippen LogP contribution in [0.1, 0.15) is 12.0 Å². The first-order chi connectivity index (χ1) is 5.66. The molecule has 0 saturated heterocycles. The van der Waals surface area contributed by atoms with Gasteiger partial charge in [0.25, 0.3) is 6.43 Å². The lowest BCUT2D eigenvalue weighted by atomic mass is 10.2. The van der Waals surface area contributed by atoms with Gasteiger partial charge in [-0.05, 0) is 6.07 Å². The summed E-state index contributed by atoms with van der Waals surface area (Å²) in [6.07, 6.45) is -1.84. The molecule has 0 radical (unpaired) electrons. The first-order valence-corrected chi connectivity index (χ1v) is 3.13. The molecule has 0 aliphatic rings. The molecule has 0 fully saturated rings. The van der Waals surface area contributed by atoms with Crippen molar-refractivity contribution in [2.24, 2.45) is 0 Å². The maximum Gasteiger partial charge on any atom is 0.271 e. The fourth-order valence-electron chi connectivity index (χ4n) is 0.792. The number of methoxy groups -OCH3 is 1. The van der Waals surface area contributed by atoms with Gasteiger partial charge in [0.1, 0.15) is 11.4 Å². The van der Waals surface area contributed by atoms with Crippen molar-refractivity contribution in [2.45, 2.75) is 6.43 Å². The highest BCUT2D eigenvalue weighted by atomic mass is 19.3. The minimum absolute atomic E-state index is 0.370. The van der Waals surface area contributed by atoms with E-state index in [1.165, 1.54) is 0 Å². The summed E-state index contributed by atoms with van der Waals surface area (Å²) in [4.78, 5) is 3.44. The van der Waals surface area contributed by atoms with Crippen molar-refractivity contribution >= 4 is 0 Å². The molecule has 12 heavy (non-hydrogen) atoms. The van der Waals surface area contributed by atoms with E-state index in [-0.39, 0.29) is 5.88 Å². The highest BCUT2D eigenvalue weighted by Gasteiger charge is 2.19. The van der Waals surface area contributed by atoms with Crippen LogP contribution < -0.4 is 4.74 Å². The van der Waals surface area contributed by atoms with Gasteiger partial charge in [0.2, 0.25) is 5.88 Å². The van der Waals surface area contributed by atoms with Crippen LogP contribution in [-0.2, 0) is 0 Å². The molecule has 0 unspecified atom stereocenters. The van der Waals surface area contributed by atoms with Gasteiger partial charge in [-0.1, -0.05) is 0 Å². The number of aromatic nitrogens is 1. The SMILES string of the molecule is COc1nccc(F)c1C(F)F. The Morgan fingerprint density at radius 3 is 2.58 bits per heavy atom. The van der Waals surface area contributed by atoms with Gasteiger partial charge in [0.15, 0.2) is 0 Å². The van der Waals surface area contributed by atoms with Crippen LogP contribution in [0.25, 0.3) is 0 Å². The second-order valence-corrected chi connectivity index (χ2v) is 2.02. The monoisotopic (exact) mass is 177 g/mol. The highest BCUT2D eigenvalue weighted by molar-refractivity contribution is 5.28. The molecule has 1 aromatic rings. The molecule has 0 saturated carbocycles. The summed E-state index contributed by atoms with van der Waals surface area (Å²) >= 11 is 0. The number of alkyl halides is 2. The van der Waals surface area contributed by atoms with E-state index in [4.69, 9.17) is 0 Å². The van der Waals surface area contributed by atoms with E-state index in [1.807, 2.05) is 0 Å². The van der Waals surface area contributed by atoms with Crippen LogP contribution in [0.3, 0.4) is 0 Å². The number of hydrogen-bond donors (Lipinski definition) is 0. The number of halogens is 3. The topological polar surface area (TPSA) is 22.1 Å². The molecule has 5 heteroatoms. The van der Waals surface area contributed by atoms with Crippen LogP contribution in [0, 0.1) is 5.82 Å². The van der Waals surface area contributed by atoms with Gasteiger partial charge in [-0.15, -0.1) is 0 Å². The highest BCUT2D eigenvalue weighted by Crippen LogP contribution is 2.28. The fraction of sp³-hybridized carbons (Fsp3) is 0.286. The number of nitrogens with zero attached hydrogens (tertiary/aromatic N) is 1. The van der Waals surface area contributed by atoms with Crippen molar-refractivity contribution in [3.8, 4) is 5.88 Å². The van der Waals surface area contributed by atoms with Crippen LogP contribution in [0.4, 0.5) is 13.2 Å². The molecular weight excluding hydrogens is 171 g/mol. The minimum Gasteiger partial charge on any atom is -0.481 e. The van der Waals surface area contributed by atoms with Crippen molar-refractivity contribution in [1.82, 2.24) is 4.98 Å². The van der Waals surface area contributed by atoms with E-state index in [0.29, 0.717) is 0 Å². The molecule has 0 atom stereocenters. The third kappa shape index (κ3) is 1.49. The molecule has 0 aliphatic heterocycles. The standard InChI is InChI=1S/C7H6F3NO/c1-12-7-5(6(9)10)4(8)2-3-11-7/h2-3,6H,1H3. The van der Waals surface area contributed by atoms with Crippen molar-refractivity contribution < 1.29 is 17.9 Å². The Bertz CT molecular complexity index is 277. The quantitative estimate of drug-likeness (QED) is 0.690. The van der Waals surface area contributed by atoms with E-state index in [2.05, 4.69) is 9.72 Å². The van der Waals surface area contributed by atoms with E-state index >= 15 is 0 Å². The summed E-state index contributed by atoms with van der Waals surface area (Å²) in [6.45, 7) is 0. The average molecular weight is 177 g/mol. The Hall–Kier alpha value is -1.26. The molecular formula is C7H6F3NO. The molecule has 1 heterocycles. The lowest BCUT2D eigenvalue weighted by Crippen LogP contribution is -1.98. The summed E-state index contributed by atoms with van der Waals surface area (Å²) in [5.41, 5.74) is -0.792. The molecule has 0 aliphatic carbocycles. The molecule has 0 N–H and O–H groups in total. The van der Waals surface area contributed by atoms with Crippen molar-refractivity contribution in [3.63, 3.8) is 0 Å². The normalized spacial score (nSPS) is 10.4. The fourth-order valence-corrected chi connectivity index (χ4v) is 0.792. The second kappa shape index (κ2) is 3.42. The van der Waals surface area contributed by atoms with Crippen LogP contribution in [0.5, 0.6) is 5.88 Å². The summed E-state index contributed by atoms with van der Waals surface area (Å²) < 4.78 is 41.4. The number of pyridine rings is 1. The smallest absolute Gasteiger partial charge is 0.271 e. The molecule has 1 aromatic heterocycles. The first kappa shape index (κ1) is 8.83. The molecule has 0 spiro atoms. The summed E-state index contributed by atoms with van der Waals surface area (Å²) in [5.74, 6) is -1.37. The summed E-state index contributed by atoms with van der Waals surface area (Å²) in [6, 6.07) is 0.865. The van der Waals surface area contributed by atoms with Gasteiger partial charge >= 0.3 is 0 Å². The zero-order valence-corrected chi connectivity index (χ0v) is 6.22. The largest absolute Gasteiger partial charge is 0.481 e. The Kier molecular flexibility index (Phi) is 2.52. The maximum atomic E-state index is 12.7. The lowest BCUT2D eigenvalue weighted by Gasteiger charge is -2.05. The molecule has 2 nitrogen and oxygen atoms in total. The van der Waals surface area contributed by atoms with Crippen molar-refractivity contribution in [2.75, 3.05) is 7.11 Å². The van der Waals surface area contributed by atoms with Crippen LogP contribution in [-0.4, -0.2) is 12.1 Å². The predicted molar refractivity (Wildman–Crippen MR) is 35.7 cm³/mol. The van der Waals surface area contributed by atoms with Gasteiger partial charge in [-0.2, -0.15) is 0 Å². The summed E-state index contributed by atoms with van der Waals surface area (Å²) in [5, 5.41) is 0. The van der Waals surface area contributed by atoms with Gasteiger partial charge in [-0.25, -0.2) is 18.2 Å². The third-order valence-electron chi connectivity index (χ3n) is 1.31. The summed E-state index contributed by atoms with van der Waals surface area (Å²) in [7, 11) is 1.16. The van der Waals surface area contributed by atoms with Crippen LogP contribution in [0.15, 0.2) is 12.3 Å². The molecule has 1 rings (SSSR count). The van der Waals surface area contributed by atoms with Crippen LogP contribution >= 0.6 is 0 Å². The Morgan fingerprint density at radius 2 is 2.17 bits per heavy atom. The van der Waals surface area contributed by atoms with Gasteiger partial charge in [0.05, 0.1) is 7.11 Å². The minimum atomic E-state index is -2.91. The van der Waals surface area contributed by atoms with E-state index < -0.39 is 17.8 Å². The predicted octanol–water partition coefficient (Wildman–Crippen LogP) is 2.17. The molecule has 0 bridgehead atoms. The van der Waals surface area contributed by atoms with E-state index in [1.54, 1.807) is 0 Å². The molecule has 0 amide bonds. The molecule has 0 aromatic carbocycles. The Morgan fingerprint density at radius 1 is 1.50 bits per heavy atom. The van der Waals surface area contributed by atoms with Crippen LogP contribution in [0.2, 0.25) is 0 Å². The van der Waals surface area contributed by atoms with E-state index in [9.17, 15) is 13.2 Å². The van der Waals surface area contributed by atoms with Crippen molar-refractivity contribution in [3.05, 3.63) is 23.6 Å². The maximum absolute atomic E-state index is 12.7. The molecule has 66 valence electrons.